The fourth-order valence-corrected chi connectivity index (χ4v) is 3.29. The molecule has 4 rings (SSSR count). The summed E-state index contributed by atoms with van der Waals surface area (Å²) in [7, 11) is 1.60. The summed E-state index contributed by atoms with van der Waals surface area (Å²) < 4.78 is 5.13. The van der Waals surface area contributed by atoms with Crippen LogP contribution in [0.5, 0.6) is 5.75 Å². The van der Waals surface area contributed by atoms with Gasteiger partial charge < -0.3 is 9.64 Å². The number of hydrogen-bond donors (Lipinski definition) is 1. The zero-order valence-electron chi connectivity index (χ0n) is 13.8. The van der Waals surface area contributed by atoms with Gasteiger partial charge in [0.2, 0.25) is 0 Å². The number of Topliss-reactive ketones (excluding diaryl/α,β-unsaturated/α-hetero) is 1. The minimum atomic E-state index is -0.949. The lowest BCUT2D eigenvalue weighted by Gasteiger charge is -2.44. The number of ketones is 1. The monoisotopic (exact) mass is 338 g/mol. The molecule has 1 spiro atoms. The summed E-state index contributed by atoms with van der Waals surface area (Å²) in [5.74, 6) is 0.542. The highest BCUT2D eigenvalue weighted by Crippen LogP contribution is 2.39. The second kappa shape index (κ2) is 5.98. The van der Waals surface area contributed by atoms with E-state index in [1.54, 1.807) is 24.1 Å². The van der Waals surface area contributed by atoms with Crippen LogP contribution in [0.1, 0.15) is 16.8 Å². The number of benzene rings is 2. The van der Waals surface area contributed by atoms with Crippen molar-refractivity contribution in [1.29, 1.82) is 0 Å². The molecule has 128 valence electrons. The van der Waals surface area contributed by atoms with E-state index in [-0.39, 0.29) is 11.7 Å². The Kier molecular flexibility index (Phi) is 3.78. The predicted molar refractivity (Wildman–Crippen MR) is 91.5 cm³/mol. The van der Waals surface area contributed by atoms with Crippen LogP contribution in [0.15, 0.2) is 54.6 Å². The van der Waals surface area contributed by atoms with Crippen molar-refractivity contribution in [3.05, 3.63) is 60.2 Å². The fourth-order valence-electron chi connectivity index (χ4n) is 3.29. The summed E-state index contributed by atoms with van der Waals surface area (Å²) in [5, 5.41) is 0. The first-order chi connectivity index (χ1) is 12.1. The minimum absolute atomic E-state index is 0.0619. The Hall–Kier alpha value is -2.70. The number of rotatable bonds is 4. The molecule has 2 aromatic carbocycles. The Morgan fingerprint density at radius 3 is 2.56 bits per heavy atom. The largest absolute Gasteiger partial charge is 0.497 e. The molecule has 2 fully saturated rings. The van der Waals surface area contributed by atoms with Gasteiger partial charge in [0, 0.05) is 17.7 Å². The van der Waals surface area contributed by atoms with E-state index in [1.807, 2.05) is 42.5 Å². The molecule has 1 amide bonds. The maximum atomic E-state index is 12.7. The van der Waals surface area contributed by atoms with Crippen molar-refractivity contribution in [1.82, 2.24) is 5.48 Å². The van der Waals surface area contributed by atoms with Gasteiger partial charge in [-0.25, -0.2) is 0 Å². The smallest absolute Gasteiger partial charge is 0.263 e. The Morgan fingerprint density at radius 2 is 1.92 bits per heavy atom. The number of amides is 1. The van der Waals surface area contributed by atoms with Crippen LogP contribution in [0.4, 0.5) is 5.69 Å². The molecular weight excluding hydrogens is 320 g/mol. The third kappa shape index (κ3) is 2.59. The number of hydroxylamine groups is 1. The molecule has 0 saturated carbocycles. The van der Waals surface area contributed by atoms with E-state index in [2.05, 4.69) is 5.48 Å². The van der Waals surface area contributed by atoms with E-state index in [0.29, 0.717) is 18.5 Å². The Labute approximate surface area is 145 Å². The molecule has 2 heterocycles. The number of nitrogens with zero attached hydrogens (tertiary/aromatic N) is 1. The average Bonchev–Trinajstić information content (AvgIpc) is 3.14. The molecule has 0 bridgehead atoms. The molecule has 0 aliphatic carbocycles. The van der Waals surface area contributed by atoms with Crippen LogP contribution in [0.25, 0.3) is 0 Å². The lowest BCUT2D eigenvalue weighted by Crippen LogP contribution is -2.67. The maximum absolute atomic E-state index is 12.7. The molecular formula is C19H18N2O4. The first-order valence-corrected chi connectivity index (χ1v) is 8.12. The summed E-state index contributed by atoms with van der Waals surface area (Å²) in [6.07, 6.45) is 0.339. The van der Waals surface area contributed by atoms with Crippen LogP contribution in [0.2, 0.25) is 0 Å². The number of β-lactam (4-membered cyclic amide) rings is 1. The van der Waals surface area contributed by atoms with Crippen molar-refractivity contribution in [2.45, 2.75) is 18.1 Å². The molecule has 25 heavy (non-hydrogen) atoms. The van der Waals surface area contributed by atoms with Crippen molar-refractivity contribution in [3.8, 4) is 5.75 Å². The van der Waals surface area contributed by atoms with E-state index in [9.17, 15) is 9.59 Å². The Morgan fingerprint density at radius 1 is 1.20 bits per heavy atom. The van der Waals surface area contributed by atoms with Crippen LogP contribution in [-0.4, -0.2) is 37.0 Å². The zero-order valence-corrected chi connectivity index (χ0v) is 13.8. The second-order valence-electron chi connectivity index (χ2n) is 6.29. The molecule has 2 atom stereocenters. The SMILES string of the molecule is COc1ccc(N2CC3(CC(C(=O)c4ccccc4)NO3)C2=O)cc1. The quantitative estimate of drug-likeness (QED) is 0.682. The van der Waals surface area contributed by atoms with Crippen LogP contribution < -0.4 is 15.1 Å². The molecule has 2 saturated heterocycles. The fraction of sp³-hybridized carbons (Fsp3) is 0.263. The molecule has 0 aromatic heterocycles. The van der Waals surface area contributed by atoms with Gasteiger partial charge in [-0.2, -0.15) is 5.48 Å². The topological polar surface area (TPSA) is 67.9 Å². The number of ether oxygens (including phenoxy) is 1. The molecule has 2 unspecified atom stereocenters. The number of anilines is 1. The predicted octanol–water partition coefficient (Wildman–Crippen LogP) is 1.96. The summed E-state index contributed by atoms with van der Waals surface area (Å²) >= 11 is 0. The standard InChI is InChI=1S/C19H18N2O4/c1-24-15-9-7-14(8-10-15)21-12-19(18(21)23)11-16(20-25-19)17(22)13-5-3-2-4-6-13/h2-10,16,20H,11-12H2,1H3. The van der Waals surface area contributed by atoms with Crippen LogP contribution in [-0.2, 0) is 9.63 Å². The number of carbonyl (C=O) groups excluding carboxylic acids is 2. The van der Waals surface area contributed by atoms with Gasteiger partial charge in [-0.05, 0) is 24.3 Å². The zero-order chi connectivity index (χ0) is 17.4. The lowest BCUT2D eigenvalue weighted by molar-refractivity contribution is -0.155. The third-order valence-electron chi connectivity index (χ3n) is 4.74. The molecule has 6 heteroatoms. The average molecular weight is 338 g/mol. The van der Waals surface area contributed by atoms with Gasteiger partial charge in [-0.1, -0.05) is 30.3 Å². The van der Waals surface area contributed by atoms with Gasteiger partial charge in [-0.15, -0.1) is 0 Å². The minimum Gasteiger partial charge on any atom is -0.497 e. The number of methoxy groups -OCH3 is 1. The van der Waals surface area contributed by atoms with Crippen molar-refractivity contribution < 1.29 is 19.2 Å². The van der Waals surface area contributed by atoms with Crippen molar-refractivity contribution in [3.63, 3.8) is 0 Å². The summed E-state index contributed by atoms with van der Waals surface area (Å²) in [6, 6.07) is 15.8. The van der Waals surface area contributed by atoms with Crippen LogP contribution in [0.3, 0.4) is 0 Å². The molecule has 2 aliphatic heterocycles. The highest BCUT2D eigenvalue weighted by molar-refractivity contribution is 6.08. The highest BCUT2D eigenvalue weighted by Gasteiger charge is 2.59. The lowest BCUT2D eigenvalue weighted by atomic mass is 9.84. The van der Waals surface area contributed by atoms with E-state index < -0.39 is 11.6 Å². The summed E-state index contributed by atoms with van der Waals surface area (Å²) in [4.78, 5) is 32.4. The number of nitrogens with one attached hydrogen (secondary N) is 1. The first kappa shape index (κ1) is 15.8. The van der Waals surface area contributed by atoms with Crippen molar-refractivity contribution in [2.75, 3.05) is 18.6 Å². The van der Waals surface area contributed by atoms with Crippen LogP contribution >= 0.6 is 0 Å². The van der Waals surface area contributed by atoms with E-state index in [4.69, 9.17) is 9.57 Å². The van der Waals surface area contributed by atoms with Gasteiger partial charge in [0.1, 0.15) is 5.75 Å². The van der Waals surface area contributed by atoms with E-state index in [0.717, 1.165) is 11.4 Å². The second-order valence-corrected chi connectivity index (χ2v) is 6.29. The van der Waals surface area contributed by atoms with Crippen molar-refractivity contribution in [2.24, 2.45) is 0 Å². The first-order valence-electron chi connectivity index (χ1n) is 8.12. The van der Waals surface area contributed by atoms with E-state index in [1.165, 1.54) is 0 Å². The number of hydrogen-bond acceptors (Lipinski definition) is 5. The molecule has 0 radical (unpaired) electrons. The molecule has 2 aromatic rings. The third-order valence-corrected chi connectivity index (χ3v) is 4.74. The van der Waals surface area contributed by atoms with Gasteiger partial charge in [0.05, 0.1) is 19.7 Å². The van der Waals surface area contributed by atoms with Crippen molar-refractivity contribution >= 4 is 17.4 Å². The van der Waals surface area contributed by atoms with Crippen LogP contribution in [0, 0.1) is 0 Å². The maximum Gasteiger partial charge on any atom is 0.263 e. The Bertz CT molecular complexity index is 806. The van der Waals surface area contributed by atoms with Gasteiger partial charge in [0.25, 0.3) is 5.91 Å². The molecule has 2 aliphatic rings. The Balaban J connectivity index is 1.45. The molecule has 1 N–H and O–H groups in total. The molecule has 6 nitrogen and oxygen atoms in total. The van der Waals surface area contributed by atoms with Gasteiger partial charge >= 0.3 is 0 Å². The normalized spacial score (nSPS) is 25.1. The summed E-state index contributed by atoms with van der Waals surface area (Å²) in [6.45, 7) is 0.420. The van der Waals surface area contributed by atoms with Gasteiger partial charge in [-0.3, -0.25) is 14.4 Å². The number of carbonyl (C=O) groups is 2. The highest BCUT2D eigenvalue weighted by atomic mass is 16.7. The van der Waals surface area contributed by atoms with E-state index >= 15 is 0 Å². The van der Waals surface area contributed by atoms with Gasteiger partial charge in [0.15, 0.2) is 11.4 Å². The summed E-state index contributed by atoms with van der Waals surface area (Å²) in [5.41, 5.74) is 3.20.